The second-order valence-electron chi connectivity index (χ2n) is 9.88. The lowest BCUT2D eigenvalue weighted by molar-refractivity contribution is -0.454. The molecule has 6 N–H and O–H groups in total. The van der Waals surface area contributed by atoms with Crippen LogP contribution in [0.4, 0.5) is 0 Å². The van der Waals surface area contributed by atoms with Crippen molar-refractivity contribution >= 4 is 0 Å². The number of rotatable bonds is 0. The standard InChI is InChI=1S/C25H50O6/c26-23(27)21-19-17-15-13-11-9-7-5-3-1-2-4-6-8-10-12-14-16-18-20-22-24(28,29)25(23,30)31/h26-31H,1-22H2. The topological polar surface area (TPSA) is 121 Å². The van der Waals surface area contributed by atoms with Crippen LogP contribution in [0.25, 0.3) is 0 Å². The second-order valence-corrected chi connectivity index (χ2v) is 9.88. The molecule has 0 bridgehead atoms. The van der Waals surface area contributed by atoms with Gasteiger partial charge in [-0.15, -0.1) is 0 Å². The highest BCUT2D eigenvalue weighted by Crippen LogP contribution is 2.35. The van der Waals surface area contributed by atoms with Gasteiger partial charge >= 0.3 is 0 Å². The number of aliphatic hydroxyl groups is 6. The van der Waals surface area contributed by atoms with E-state index in [-0.39, 0.29) is 12.8 Å². The molecule has 0 aliphatic heterocycles. The predicted molar refractivity (Wildman–Crippen MR) is 123 cm³/mol. The quantitative estimate of drug-likeness (QED) is 0.302. The molecule has 0 radical (unpaired) electrons. The van der Waals surface area contributed by atoms with Crippen LogP contribution in [0.1, 0.15) is 141 Å². The average molecular weight is 447 g/mol. The van der Waals surface area contributed by atoms with Crippen molar-refractivity contribution in [1.82, 2.24) is 0 Å². The Balaban J connectivity index is 2.48. The maximum absolute atomic E-state index is 10.2. The van der Waals surface area contributed by atoms with Gasteiger partial charge in [-0.2, -0.15) is 0 Å². The van der Waals surface area contributed by atoms with Gasteiger partial charge in [-0.25, -0.2) is 0 Å². The lowest BCUT2D eigenvalue weighted by Crippen LogP contribution is -2.68. The highest BCUT2D eigenvalue weighted by molar-refractivity contribution is 4.93. The lowest BCUT2D eigenvalue weighted by atomic mass is 9.88. The molecular weight excluding hydrogens is 396 g/mol. The molecule has 1 aliphatic carbocycles. The third-order valence-corrected chi connectivity index (χ3v) is 6.92. The fourth-order valence-electron chi connectivity index (χ4n) is 4.59. The molecule has 186 valence electrons. The molecule has 1 aliphatic rings. The van der Waals surface area contributed by atoms with Gasteiger partial charge in [0, 0.05) is 12.8 Å². The summed E-state index contributed by atoms with van der Waals surface area (Å²) in [5.74, 6) is -9.34. The van der Waals surface area contributed by atoms with Crippen molar-refractivity contribution in [3.63, 3.8) is 0 Å². The minimum atomic E-state index is -3.40. The van der Waals surface area contributed by atoms with Crippen LogP contribution in [0, 0.1) is 0 Å². The van der Waals surface area contributed by atoms with Crippen LogP contribution < -0.4 is 0 Å². The molecule has 1 saturated carbocycles. The zero-order valence-electron chi connectivity index (χ0n) is 19.7. The van der Waals surface area contributed by atoms with Gasteiger partial charge in [-0.05, 0) is 12.8 Å². The van der Waals surface area contributed by atoms with Crippen molar-refractivity contribution in [2.45, 2.75) is 159 Å². The Morgan fingerprint density at radius 2 is 0.419 bits per heavy atom. The van der Waals surface area contributed by atoms with Gasteiger partial charge in [0.1, 0.15) is 0 Å². The molecule has 0 aromatic carbocycles. The first-order valence-electron chi connectivity index (χ1n) is 13.0. The summed E-state index contributed by atoms with van der Waals surface area (Å²) in [5, 5.41) is 61.0. The first-order valence-corrected chi connectivity index (χ1v) is 13.0. The van der Waals surface area contributed by atoms with Gasteiger partial charge in [0.05, 0.1) is 0 Å². The van der Waals surface area contributed by atoms with Crippen molar-refractivity contribution in [1.29, 1.82) is 0 Å². The van der Waals surface area contributed by atoms with E-state index in [9.17, 15) is 30.6 Å². The molecule has 0 amide bonds. The van der Waals surface area contributed by atoms with Gasteiger partial charge in [-0.3, -0.25) is 0 Å². The summed E-state index contributed by atoms with van der Waals surface area (Å²) in [6, 6.07) is 0. The normalized spacial score (nSPS) is 26.9. The first-order chi connectivity index (χ1) is 14.7. The molecule has 0 unspecified atom stereocenters. The summed E-state index contributed by atoms with van der Waals surface area (Å²) >= 11 is 0. The summed E-state index contributed by atoms with van der Waals surface area (Å²) in [6.45, 7) is 0. The van der Waals surface area contributed by atoms with Crippen LogP contribution in [0.2, 0.25) is 0 Å². The summed E-state index contributed by atoms with van der Waals surface area (Å²) < 4.78 is 0. The van der Waals surface area contributed by atoms with Crippen molar-refractivity contribution in [2.75, 3.05) is 0 Å². The van der Waals surface area contributed by atoms with E-state index < -0.39 is 17.4 Å². The van der Waals surface area contributed by atoms with Crippen molar-refractivity contribution < 1.29 is 30.6 Å². The Labute approximate surface area is 189 Å². The molecule has 0 saturated heterocycles. The Kier molecular flexibility index (Phi) is 14.5. The third kappa shape index (κ3) is 11.4. The Morgan fingerprint density at radius 1 is 0.258 bits per heavy atom. The summed E-state index contributed by atoms with van der Waals surface area (Å²) in [6.07, 6.45) is 21.1. The molecule has 0 aromatic rings. The van der Waals surface area contributed by atoms with Gasteiger partial charge in [0.25, 0.3) is 5.79 Å². The van der Waals surface area contributed by atoms with E-state index in [4.69, 9.17) is 0 Å². The number of hydrogen-bond donors (Lipinski definition) is 6. The first kappa shape index (κ1) is 28.8. The molecule has 0 aromatic heterocycles. The predicted octanol–water partition coefficient (Wildman–Crippen LogP) is 4.62. The Hall–Kier alpha value is -0.240. The highest BCUT2D eigenvalue weighted by atomic mass is 16.7. The second kappa shape index (κ2) is 15.6. The monoisotopic (exact) mass is 446 g/mol. The average Bonchev–Trinajstić information content (AvgIpc) is 2.70. The van der Waals surface area contributed by atoms with E-state index in [0.29, 0.717) is 12.8 Å². The van der Waals surface area contributed by atoms with Crippen LogP contribution in [0.15, 0.2) is 0 Å². The summed E-state index contributed by atoms with van der Waals surface area (Å²) in [5.41, 5.74) is 0. The maximum atomic E-state index is 10.2. The number of hydrogen-bond acceptors (Lipinski definition) is 6. The maximum Gasteiger partial charge on any atom is 0.274 e. The summed E-state index contributed by atoms with van der Waals surface area (Å²) in [7, 11) is 0. The van der Waals surface area contributed by atoms with E-state index in [1.165, 1.54) is 77.0 Å². The molecule has 1 fully saturated rings. The SMILES string of the molecule is OC1(O)CCCCCCCCCCCCCCCCCCCCCCC(O)(O)C1(O)O. The van der Waals surface area contributed by atoms with Crippen molar-refractivity contribution in [3.05, 3.63) is 0 Å². The Bertz CT molecular complexity index is 398. The smallest absolute Gasteiger partial charge is 0.274 e. The van der Waals surface area contributed by atoms with E-state index in [2.05, 4.69) is 0 Å². The van der Waals surface area contributed by atoms with Crippen LogP contribution in [0.5, 0.6) is 0 Å². The fraction of sp³-hybridized carbons (Fsp3) is 1.00. The molecule has 6 nitrogen and oxygen atoms in total. The molecule has 0 heterocycles. The van der Waals surface area contributed by atoms with Crippen LogP contribution in [-0.4, -0.2) is 48.0 Å². The van der Waals surface area contributed by atoms with Gasteiger partial charge in [0.15, 0.2) is 0 Å². The largest absolute Gasteiger partial charge is 0.361 e. The fourth-order valence-corrected chi connectivity index (χ4v) is 4.59. The van der Waals surface area contributed by atoms with E-state index >= 15 is 0 Å². The van der Waals surface area contributed by atoms with Gasteiger partial charge in [0.2, 0.25) is 11.6 Å². The van der Waals surface area contributed by atoms with Crippen LogP contribution in [0.3, 0.4) is 0 Å². The molecule has 0 atom stereocenters. The lowest BCUT2D eigenvalue weighted by Gasteiger charge is -2.43. The molecule has 0 spiro atoms. The molecule has 31 heavy (non-hydrogen) atoms. The Morgan fingerprint density at radius 3 is 0.613 bits per heavy atom. The minimum absolute atomic E-state index is 0.317. The van der Waals surface area contributed by atoms with Crippen LogP contribution in [-0.2, 0) is 0 Å². The molecule has 6 heteroatoms. The van der Waals surface area contributed by atoms with Gasteiger partial charge in [-0.1, -0.05) is 116 Å². The van der Waals surface area contributed by atoms with Crippen LogP contribution >= 0.6 is 0 Å². The van der Waals surface area contributed by atoms with E-state index in [1.54, 1.807) is 0 Å². The molecular formula is C25H50O6. The van der Waals surface area contributed by atoms with Gasteiger partial charge < -0.3 is 30.6 Å². The zero-order valence-corrected chi connectivity index (χ0v) is 19.7. The van der Waals surface area contributed by atoms with Crippen molar-refractivity contribution in [2.24, 2.45) is 0 Å². The van der Waals surface area contributed by atoms with E-state index in [1.807, 2.05) is 0 Å². The zero-order chi connectivity index (χ0) is 23.1. The third-order valence-electron chi connectivity index (χ3n) is 6.92. The minimum Gasteiger partial charge on any atom is -0.361 e. The molecule has 1 rings (SSSR count). The highest BCUT2D eigenvalue weighted by Gasteiger charge is 2.60. The summed E-state index contributed by atoms with van der Waals surface area (Å²) in [4.78, 5) is 0. The van der Waals surface area contributed by atoms with E-state index in [0.717, 1.165) is 38.5 Å². The van der Waals surface area contributed by atoms with Crippen molar-refractivity contribution in [3.8, 4) is 0 Å².